The van der Waals surface area contributed by atoms with E-state index >= 15 is 0 Å². The number of aromatic nitrogens is 1. The van der Waals surface area contributed by atoms with Crippen LogP contribution in [0.4, 0.5) is 5.69 Å². The lowest BCUT2D eigenvalue weighted by atomic mass is 10.1. The summed E-state index contributed by atoms with van der Waals surface area (Å²) in [5.41, 5.74) is 7.24. The summed E-state index contributed by atoms with van der Waals surface area (Å²) in [7, 11) is 0. The molecule has 0 fully saturated rings. The highest BCUT2D eigenvalue weighted by Gasteiger charge is 2.04. The predicted molar refractivity (Wildman–Crippen MR) is 80.8 cm³/mol. The van der Waals surface area contributed by atoms with Gasteiger partial charge in [0.2, 0.25) is 0 Å². The monoisotopic (exact) mass is 286 g/mol. The summed E-state index contributed by atoms with van der Waals surface area (Å²) in [6, 6.07) is 12.3. The molecule has 0 atom stereocenters. The molecule has 0 unspecified atom stereocenters. The number of anilines is 1. The molecule has 2 N–H and O–H groups in total. The third-order valence-corrected chi connectivity index (χ3v) is 3.09. The smallest absolute Gasteiger partial charge is 0.306 e. The average molecular weight is 286 g/mol. The number of nitrogens with zero attached hydrogens (tertiary/aromatic N) is 1. The van der Waals surface area contributed by atoms with Gasteiger partial charge < -0.3 is 15.0 Å². The lowest BCUT2D eigenvalue weighted by molar-refractivity contribution is -0.143. The highest BCUT2D eigenvalue weighted by atomic mass is 16.5. The minimum absolute atomic E-state index is 0.101. The second-order valence-electron chi connectivity index (χ2n) is 4.69. The fourth-order valence-electron chi connectivity index (χ4n) is 1.91. The molecule has 110 valence electrons. The maximum absolute atomic E-state index is 11.6. The zero-order chi connectivity index (χ0) is 15.1. The van der Waals surface area contributed by atoms with Crippen molar-refractivity contribution in [3.8, 4) is 0 Å². The SMILES string of the molecule is Nc1ccc(CCC(=O)OCCn2ccccc2=O)cc1. The van der Waals surface area contributed by atoms with E-state index in [4.69, 9.17) is 10.5 Å². The molecule has 0 spiro atoms. The largest absolute Gasteiger partial charge is 0.464 e. The van der Waals surface area contributed by atoms with E-state index in [-0.39, 0.29) is 18.1 Å². The first-order valence-corrected chi connectivity index (χ1v) is 6.80. The summed E-state index contributed by atoms with van der Waals surface area (Å²) < 4.78 is 6.63. The number of hydrogen-bond donors (Lipinski definition) is 1. The van der Waals surface area contributed by atoms with E-state index in [9.17, 15) is 9.59 Å². The van der Waals surface area contributed by atoms with Gasteiger partial charge in [0.1, 0.15) is 6.61 Å². The molecule has 0 bridgehead atoms. The van der Waals surface area contributed by atoms with Crippen LogP contribution >= 0.6 is 0 Å². The summed E-state index contributed by atoms with van der Waals surface area (Å²) in [6.45, 7) is 0.567. The number of pyridine rings is 1. The number of hydrogen-bond acceptors (Lipinski definition) is 4. The molecule has 5 nitrogen and oxygen atoms in total. The van der Waals surface area contributed by atoms with E-state index in [2.05, 4.69) is 0 Å². The standard InChI is InChI=1S/C16H18N2O3/c17-14-7-4-13(5-8-14)6-9-16(20)21-12-11-18-10-2-1-3-15(18)19/h1-5,7-8,10H,6,9,11-12,17H2. The van der Waals surface area contributed by atoms with E-state index in [1.807, 2.05) is 24.3 Å². The first-order valence-electron chi connectivity index (χ1n) is 6.80. The Morgan fingerprint density at radius 1 is 1.14 bits per heavy atom. The van der Waals surface area contributed by atoms with Gasteiger partial charge in [-0.2, -0.15) is 0 Å². The summed E-state index contributed by atoms with van der Waals surface area (Å²) in [5, 5.41) is 0. The van der Waals surface area contributed by atoms with Gasteiger partial charge in [0.15, 0.2) is 0 Å². The van der Waals surface area contributed by atoms with E-state index in [0.29, 0.717) is 25.1 Å². The average Bonchev–Trinajstić information content (AvgIpc) is 2.49. The van der Waals surface area contributed by atoms with E-state index in [1.54, 1.807) is 18.3 Å². The van der Waals surface area contributed by atoms with Crippen molar-refractivity contribution in [3.63, 3.8) is 0 Å². The Balaban J connectivity index is 1.71. The molecule has 0 aliphatic heterocycles. The molecule has 1 heterocycles. The Labute approximate surface area is 123 Å². The Morgan fingerprint density at radius 2 is 1.90 bits per heavy atom. The number of nitrogen functional groups attached to an aromatic ring is 1. The maximum atomic E-state index is 11.6. The minimum Gasteiger partial charge on any atom is -0.464 e. The van der Waals surface area contributed by atoms with Crippen LogP contribution in [0.2, 0.25) is 0 Å². The maximum Gasteiger partial charge on any atom is 0.306 e. The van der Waals surface area contributed by atoms with Crippen LogP contribution in [0.1, 0.15) is 12.0 Å². The number of ether oxygens (including phenoxy) is 1. The van der Waals surface area contributed by atoms with Crippen molar-refractivity contribution in [2.24, 2.45) is 0 Å². The molecule has 0 saturated carbocycles. The highest BCUT2D eigenvalue weighted by Crippen LogP contribution is 2.08. The Kier molecular flexibility index (Phi) is 5.15. The fraction of sp³-hybridized carbons (Fsp3) is 0.250. The molecule has 0 saturated heterocycles. The van der Waals surface area contributed by atoms with Crippen molar-refractivity contribution in [3.05, 3.63) is 64.6 Å². The van der Waals surface area contributed by atoms with Crippen LogP contribution in [0.25, 0.3) is 0 Å². The van der Waals surface area contributed by atoms with Gasteiger partial charge in [-0.25, -0.2) is 0 Å². The summed E-state index contributed by atoms with van der Waals surface area (Å²) in [4.78, 5) is 23.1. The quantitative estimate of drug-likeness (QED) is 0.646. The van der Waals surface area contributed by atoms with Crippen LogP contribution in [-0.2, 0) is 22.5 Å². The van der Waals surface area contributed by atoms with Crippen molar-refractivity contribution >= 4 is 11.7 Å². The normalized spacial score (nSPS) is 10.3. The van der Waals surface area contributed by atoms with Crippen LogP contribution < -0.4 is 11.3 Å². The van der Waals surface area contributed by atoms with Crippen LogP contribution in [0.5, 0.6) is 0 Å². The number of nitrogens with two attached hydrogens (primary N) is 1. The number of aryl methyl sites for hydroxylation is 1. The van der Waals surface area contributed by atoms with Gasteiger partial charge in [-0.05, 0) is 30.2 Å². The lowest BCUT2D eigenvalue weighted by Gasteiger charge is -2.07. The number of rotatable bonds is 6. The van der Waals surface area contributed by atoms with E-state index in [1.165, 1.54) is 10.6 Å². The predicted octanol–water partition coefficient (Wildman–Crippen LogP) is 1.61. The molecular weight excluding hydrogens is 268 g/mol. The van der Waals surface area contributed by atoms with E-state index in [0.717, 1.165) is 5.56 Å². The van der Waals surface area contributed by atoms with Crippen LogP contribution in [0.3, 0.4) is 0 Å². The van der Waals surface area contributed by atoms with Gasteiger partial charge in [-0.3, -0.25) is 9.59 Å². The second-order valence-corrected chi connectivity index (χ2v) is 4.69. The molecule has 5 heteroatoms. The third-order valence-electron chi connectivity index (χ3n) is 3.09. The zero-order valence-electron chi connectivity index (χ0n) is 11.7. The van der Waals surface area contributed by atoms with Gasteiger partial charge in [-0.15, -0.1) is 0 Å². The lowest BCUT2D eigenvalue weighted by Crippen LogP contribution is -2.21. The number of carbonyl (C=O) groups excluding carboxylic acids is 1. The number of esters is 1. The molecule has 0 radical (unpaired) electrons. The second kappa shape index (κ2) is 7.28. The first-order chi connectivity index (χ1) is 10.1. The van der Waals surface area contributed by atoms with Gasteiger partial charge >= 0.3 is 5.97 Å². The van der Waals surface area contributed by atoms with Crippen molar-refractivity contribution in [2.75, 3.05) is 12.3 Å². The van der Waals surface area contributed by atoms with E-state index < -0.39 is 0 Å². The first kappa shape index (κ1) is 14.8. The summed E-state index contributed by atoms with van der Waals surface area (Å²) in [5.74, 6) is -0.268. The Bertz CT molecular complexity index is 647. The molecule has 1 aromatic carbocycles. The molecule has 0 aliphatic carbocycles. The summed E-state index contributed by atoms with van der Waals surface area (Å²) in [6.07, 6.45) is 2.60. The zero-order valence-corrected chi connectivity index (χ0v) is 11.7. The third kappa shape index (κ3) is 4.80. The van der Waals surface area contributed by atoms with Crippen molar-refractivity contribution in [2.45, 2.75) is 19.4 Å². The Hall–Kier alpha value is -2.56. The van der Waals surface area contributed by atoms with Gasteiger partial charge in [0.25, 0.3) is 5.56 Å². The van der Waals surface area contributed by atoms with Crippen LogP contribution in [0.15, 0.2) is 53.5 Å². The van der Waals surface area contributed by atoms with Gasteiger partial charge in [0, 0.05) is 24.4 Å². The number of carbonyl (C=O) groups is 1. The number of benzene rings is 1. The topological polar surface area (TPSA) is 74.3 Å². The summed E-state index contributed by atoms with van der Waals surface area (Å²) >= 11 is 0. The van der Waals surface area contributed by atoms with Crippen LogP contribution in [-0.4, -0.2) is 17.1 Å². The minimum atomic E-state index is -0.268. The molecule has 2 aromatic rings. The molecule has 21 heavy (non-hydrogen) atoms. The Morgan fingerprint density at radius 3 is 2.62 bits per heavy atom. The fourth-order valence-corrected chi connectivity index (χ4v) is 1.91. The van der Waals surface area contributed by atoms with Crippen molar-refractivity contribution in [1.82, 2.24) is 4.57 Å². The van der Waals surface area contributed by atoms with Gasteiger partial charge in [-0.1, -0.05) is 18.2 Å². The molecule has 0 aliphatic rings. The molecular formula is C16H18N2O3. The molecule has 1 aromatic heterocycles. The van der Waals surface area contributed by atoms with Crippen molar-refractivity contribution in [1.29, 1.82) is 0 Å². The molecule has 2 rings (SSSR count). The van der Waals surface area contributed by atoms with Crippen LogP contribution in [0, 0.1) is 0 Å². The molecule has 0 amide bonds. The highest BCUT2D eigenvalue weighted by molar-refractivity contribution is 5.69. The van der Waals surface area contributed by atoms with Crippen molar-refractivity contribution < 1.29 is 9.53 Å². The van der Waals surface area contributed by atoms with Gasteiger partial charge in [0.05, 0.1) is 6.54 Å².